The first-order chi connectivity index (χ1) is 7.93. The first kappa shape index (κ1) is 13.0. The van der Waals surface area contributed by atoms with Gasteiger partial charge in [0.2, 0.25) is 0 Å². The van der Waals surface area contributed by atoms with E-state index in [9.17, 15) is 0 Å². The van der Waals surface area contributed by atoms with E-state index in [4.69, 9.17) is 0 Å². The van der Waals surface area contributed by atoms with Crippen LogP contribution in [0.5, 0.6) is 0 Å². The number of allylic oxidation sites excluding steroid dienone is 1. The zero-order valence-corrected chi connectivity index (χ0v) is 10.4. The average molecular weight is 217 g/mol. The fourth-order valence-electron chi connectivity index (χ4n) is 1.72. The Morgan fingerprint density at radius 2 is 1.88 bits per heavy atom. The summed E-state index contributed by atoms with van der Waals surface area (Å²) in [5.41, 5.74) is 1.06. The van der Waals surface area contributed by atoms with Crippen molar-refractivity contribution in [2.24, 2.45) is 0 Å². The molecule has 1 aromatic rings. The topological polar surface area (TPSA) is 12.9 Å². The molecule has 0 fully saturated rings. The van der Waals surface area contributed by atoms with Crippen molar-refractivity contribution in [1.29, 1.82) is 0 Å². The summed E-state index contributed by atoms with van der Waals surface area (Å²) in [5, 5.41) is 0. The highest BCUT2D eigenvalue weighted by atomic mass is 14.6. The zero-order chi connectivity index (χ0) is 11.5. The lowest BCUT2D eigenvalue weighted by Crippen LogP contribution is -1.79. The zero-order valence-electron chi connectivity index (χ0n) is 10.4. The van der Waals surface area contributed by atoms with E-state index in [1.807, 2.05) is 24.4 Å². The van der Waals surface area contributed by atoms with E-state index in [0.717, 1.165) is 5.69 Å². The number of aromatic nitrogens is 1. The van der Waals surface area contributed by atoms with Gasteiger partial charge in [0.25, 0.3) is 0 Å². The SMILES string of the molecule is CCCCCCCC/C=C/c1ccccn1. The van der Waals surface area contributed by atoms with Gasteiger partial charge in [-0.25, -0.2) is 0 Å². The Kier molecular flexibility index (Phi) is 7.40. The van der Waals surface area contributed by atoms with Crippen LogP contribution in [-0.2, 0) is 0 Å². The summed E-state index contributed by atoms with van der Waals surface area (Å²) in [6.45, 7) is 2.26. The van der Waals surface area contributed by atoms with Gasteiger partial charge in [-0.05, 0) is 31.1 Å². The molecule has 0 aliphatic rings. The third-order valence-corrected chi connectivity index (χ3v) is 2.70. The monoisotopic (exact) mass is 217 g/mol. The van der Waals surface area contributed by atoms with Gasteiger partial charge < -0.3 is 0 Å². The van der Waals surface area contributed by atoms with Gasteiger partial charge in [-0.2, -0.15) is 0 Å². The molecule has 1 nitrogen and oxygen atoms in total. The molecule has 0 atom stereocenters. The quantitative estimate of drug-likeness (QED) is 0.567. The highest BCUT2D eigenvalue weighted by Crippen LogP contribution is 2.08. The maximum atomic E-state index is 4.25. The molecule has 0 saturated heterocycles. The van der Waals surface area contributed by atoms with Gasteiger partial charge in [0.05, 0.1) is 5.69 Å². The van der Waals surface area contributed by atoms with Crippen molar-refractivity contribution in [1.82, 2.24) is 4.98 Å². The Labute approximate surface area is 99.6 Å². The summed E-state index contributed by atoms with van der Waals surface area (Å²) in [6, 6.07) is 6.01. The van der Waals surface area contributed by atoms with Gasteiger partial charge in [0, 0.05) is 6.20 Å². The molecule has 1 rings (SSSR count). The smallest absolute Gasteiger partial charge is 0.0626 e. The van der Waals surface area contributed by atoms with E-state index in [1.165, 1.54) is 44.9 Å². The predicted octanol–water partition coefficient (Wildman–Crippen LogP) is 4.85. The second-order valence-electron chi connectivity index (χ2n) is 4.21. The minimum atomic E-state index is 1.06. The average Bonchev–Trinajstić information content (AvgIpc) is 2.34. The van der Waals surface area contributed by atoms with Crippen LogP contribution >= 0.6 is 0 Å². The first-order valence-electron chi connectivity index (χ1n) is 6.51. The summed E-state index contributed by atoms with van der Waals surface area (Å²) < 4.78 is 0. The molecule has 0 amide bonds. The lowest BCUT2D eigenvalue weighted by molar-refractivity contribution is 0.611. The molecule has 0 spiro atoms. The highest BCUT2D eigenvalue weighted by Gasteiger charge is 1.88. The van der Waals surface area contributed by atoms with Crippen LogP contribution in [0.3, 0.4) is 0 Å². The molecule has 0 saturated carbocycles. The molecule has 88 valence electrons. The summed E-state index contributed by atoms with van der Waals surface area (Å²) in [4.78, 5) is 4.25. The number of rotatable bonds is 8. The van der Waals surface area contributed by atoms with Crippen molar-refractivity contribution in [3.8, 4) is 0 Å². The van der Waals surface area contributed by atoms with Gasteiger partial charge in [-0.1, -0.05) is 51.2 Å². The molecule has 1 aromatic heterocycles. The standard InChI is InChI=1S/C15H23N/c1-2-3-4-5-6-7-8-9-12-15-13-10-11-14-16-15/h9-14H,2-8H2,1H3/b12-9+. The molecular weight excluding hydrogens is 194 g/mol. The third kappa shape index (κ3) is 6.39. The Bertz CT molecular complexity index is 277. The van der Waals surface area contributed by atoms with E-state index in [-0.39, 0.29) is 0 Å². The van der Waals surface area contributed by atoms with Gasteiger partial charge in [-0.15, -0.1) is 0 Å². The number of hydrogen-bond acceptors (Lipinski definition) is 1. The lowest BCUT2D eigenvalue weighted by atomic mass is 10.1. The second-order valence-corrected chi connectivity index (χ2v) is 4.21. The Morgan fingerprint density at radius 3 is 2.62 bits per heavy atom. The first-order valence-corrected chi connectivity index (χ1v) is 6.51. The van der Waals surface area contributed by atoms with Crippen molar-refractivity contribution in [2.45, 2.75) is 51.9 Å². The number of hydrogen-bond donors (Lipinski definition) is 0. The van der Waals surface area contributed by atoms with Gasteiger partial charge >= 0.3 is 0 Å². The summed E-state index contributed by atoms with van der Waals surface area (Å²) >= 11 is 0. The highest BCUT2D eigenvalue weighted by molar-refractivity contribution is 5.43. The van der Waals surface area contributed by atoms with E-state index in [2.05, 4.69) is 24.1 Å². The van der Waals surface area contributed by atoms with Crippen molar-refractivity contribution < 1.29 is 0 Å². The molecule has 0 N–H and O–H groups in total. The van der Waals surface area contributed by atoms with E-state index < -0.39 is 0 Å². The summed E-state index contributed by atoms with van der Waals surface area (Å²) in [6.07, 6.45) is 15.6. The molecule has 0 unspecified atom stereocenters. The summed E-state index contributed by atoms with van der Waals surface area (Å²) in [7, 11) is 0. The molecule has 1 heterocycles. The minimum Gasteiger partial charge on any atom is -0.257 e. The number of pyridine rings is 1. The predicted molar refractivity (Wildman–Crippen MR) is 71.3 cm³/mol. The normalized spacial score (nSPS) is 11.1. The van der Waals surface area contributed by atoms with Crippen LogP contribution in [0.4, 0.5) is 0 Å². The second kappa shape index (κ2) is 9.14. The van der Waals surface area contributed by atoms with Crippen LogP contribution in [0.25, 0.3) is 6.08 Å². The maximum absolute atomic E-state index is 4.25. The molecular formula is C15H23N. The van der Waals surface area contributed by atoms with Gasteiger partial charge in [0.15, 0.2) is 0 Å². The van der Waals surface area contributed by atoms with Gasteiger partial charge in [-0.3, -0.25) is 4.98 Å². The van der Waals surface area contributed by atoms with Crippen LogP contribution in [0, 0.1) is 0 Å². The Balaban J connectivity index is 2.01. The van der Waals surface area contributed by atoms with E-state index >= 15 is 0 Å². The fourth-order valence-corrected chi connectivity index (χ4v) is 1.72. The molecule has 1 heteroatoms. The van der Waals surface area contributed by atoms with Crippen LogP contribution in [0.2, 0.25) is 0 Å². The van der Waals surface area contributed by atoms with E-state index in [1.54, 1.807) is 0 Å². The number of nitrogens with zero attached hydrogens (tertiary/aromatic N) is 1. The molecule has 0 aliphatic heterocycles. The molecule has 0 bridgehead atoms. The molecule has 0 aromatic carbocycles. The minimum absolute atomic E-state index is 1.06. The Morgan fingerprint density at radius 1 is 1.06 bits per heavy atom. The molecule has 0 aliphatic carbocycles. The van der Waals surface area contributed by atoms with E-state index in [0.29, 0.717) is 0 Å². The fraction of sp³-hybridized carbons (Fsp3) is 0.533. The number of unbranched alkanes of at least 4 members (excludes halogenated alkanes) is 6. The molecule has 0 radical (unpaired) electrons. The summed E-state index contributed by atoms with van der Waals surface area (Å²) in [5.74, 6) is 0. The van der Waals surface area contributed by atoms with Crippen LogP contribution in [0.1, 0.15) is 57.6 Å². The largest absolute Gasteiger partial charge is 0.257 e. The Hall–Kier alpha value is -1.11. The van der Waals surface area contributed by atoms with Crippen molar-refractivity contribution in [2.75, 3.05) is 0 Å². The van der Waals surface area contributed by atoms with Crippen LogP contribution < -0.4 is 0 Å². The lowest BCUT2D eigenvalue weighted by Gasteiger charge is -1.97. The van der Waals surface area contributed by atoms with Crippen LogP contribution in [-0.4, -0.2) is 4.98 Å². The third-order valence-electron chi connectivity index (χ3n) is 2.70. The molecule has 16 heavy (non-hydrogen) atoms. The van der Waals surface area contributed by atoms with Crippen molar-refractivity contribution in [3.05, 3.63) is 36.2 Å². The van der Waals surface area contributed by atoms with Crippen LogP contribution in [0.15, 0.2) is 30.5 Å². The van der Waals surface area contributed by atoms with Crippen molar-refractivity contribution >= 4 is 6.08 Å². The van der Waals surface area contributed by atoms with Crippen molar-refractivity contribution in [3.63, 3.8) is 0 Å². The maximum Gasteiger partial charge on any atom is 0.0626 e. The van der Waals surface area contributed by atoms with Gasteiger partial charge in [0.1, 0.15) is 0 Å².